The van der Waals surface area contributed by atoms with E-state index in [1.807, 2.05) is 23.6 Å². The van der Waals surface area contributed by atoms with Crippen molar-refractivity contribution < 1.29 is 0 Å². The number of thiophene rings is 1. The molecule has 0 atom stereocenters. The summed E-state index contributed by atoms with van der Waals surface area (Å²) < 4.78 is 0. The summed E-state index contributed by atoms with van der Waals surface area (Å²) in [5.74, 6) is 0.924. The van der Waals surface area contributed by atoms with Gasteiger partial charge in [0, 0.05) is 6.07 Å². The highest BCUT2D eigenvalue weighted by Gasteiger charge is 1.93. The highest BCUT2D eigenvalue weighted by atomic mass is 32.1. The molecule has 0 bridgehead atoms. The predicted molar refractivity (Wildman–Crippen MR) is 46.2 cm³/mol. The maximum atomic E-state index is 3.82. The van der Waals surface area contributed by atoms with Crippen molar-refractivity contribution in [2.24, 2.45) is 0 Å². The van der Waals surface area contributed by atoms with Gasteiger partial charge in [-0.15, -0.1) is 11.3 Å². The van der Waals surface area contributed by atoms with Gasteiger partial charge in [0.1, 0.15) is 5.82 Å². The highest BCUT2D eigenvalue weighted by molar-refractivity contribution is 7.14. The van der Waals surface area contributed by atoms with Crippen LogP contribution in [-0.4, -0.2) is 10.2 Å². The van der Waals surface area contributed by atoms with Crippen LogP contribution in [0, 0.1) is 0 Å². The van der Waals surface area contributed by atoms with Crippen LogP contribution in [0.1, 0.15) is 0 Å². The average Bonchev–Trinajstić information content (AvgIpc) is 2.60. The van der Waals surface area contributed by atoms with Crippen LogP contribution in [0.2, 0.25) is 0 Å². The summed E-state index contributed by atoms with van der Waals surface area (Å²) in [6.07, 6.45) is 1.72. The first-order valence-corrected chi connectivity index (χ1v) is 4.13. The molecule has 0 aromatic carbocycles. The van der Waals surface area contributed by atoms with Gasteiger partial charge < -0.3 is 5.32 Å². The first-order valence-electron chi connectivity index (χ1n) is 3.25. The number of rotatable bonds is 2. The molecule has 0 radical (unpaired) electrons. The summed E-state index contributed by atoms with van der Waals surface area (Å²) >= 11 is 1.66. The van der Waals surface area contributed by atoms with Gasteiger partial charge in [0.15, 0.2) is 0 Å². The third kappa shape index (κ3) is 1.40. The zero-order chi connectivity index (χ0) is 7.52. The molecule has 0 aliphatic carbocycles. The van der Waals surface area contributed by atoms with Crippen molar-refractivity contribution in [2.75, 3.05) is 5.32 Å². The van der Waals surface area contributed by atoms with E-state index in [0.29, 0.717) is 0 Å². The molecule has 4 heteroatoms. The Balaban J connectivity index is 2.14. The third-order valence-electron chi connectivity index (χ3n) is 1.28. The van der Waals surface area contributed by atoms with Gasteiger partial charge >= 0.3 is 0 Å². The van der Waals surface area contributed by atoms with Crippen molar-refractivity contribution >= 4 is 22.2 Å². The van der Waals surface area contributed by atoms with Crippen molar-refractivity contribution in [1.29, 1.82) is 0 Å². The Morgan fingerprint density at radius 2 is 2.45 bits per heavy atom. The summed E-state index contributed by atoms with van der Waals surface area (Å²) in [6.45, 7) is 0. The van der Waals surface area contributed by atoms with E-state index in [9.17, 15) is 0 Å². The lowest BCUT2D eigenvalue weighted by molar-refractivity contribution is 1.09. The van der Waals surface area contributed by atoms with E-state index in [-0.39, 0.29) is 0 Å². The number of hydrogen-bond donors (Lipinski definition) is 2. The molecule has 0 fully saturated rings. The third-order valence-corrected chi connectivity index (χ3v) is 2.07. The van der Waals surface area contributed by atoms with Crippen molar-refractivity contribution in [2.45, 2.75) is 0 Å². The van der Waals surface area contributed by atoms with Crippen LogP contribution in [0.4, 0.5) is 10.8 Å². The summed E-state index contributed by atoms with van der Waals surface area (Å²) in [6, 6.07) is 5.91. The van der Waals surface area contributed by atoms with E-state index in [0.717, 1.165) is 10.8 Å². The zero-order valence-corrected chi connectivity index (χ0v) is 6.56. The minimum absolute atomic E-state index is 0.924. The normalized spacial score (nSPS) is 9.82. The fourth-order valence-electron chi connectivity index (χ4n) is 0.808. The van der Waals surface area contributed by atoms with E-state index in [2.05, 4.69) is 15.5 Å². The van der Waals surface area contributed by atoms with Crippen molar-refractivity contribution in [3.05, 3.63) is 29.8 Å². The standard InChI is InChI=1S/C7H7N3S/c1-2-7(11-5-1)9-6-3-4-8-10-6/h1-5H,(H2,8,9,10). The fourth-order valence-corrected chi connectivity index (χ4v) is 1.44. The Hall–Kier alpha value is -1.29. The highest BCUT2D eigenvalue weighted by Crippen LogP contribution is 2.18. The predicted octanol–water partition coefficient (Wildman–Crippen LogP) is 2.21. The molecule has 0 unspecified atom stereocenters. The second kappa shape index (κ2) is 2.75. The summed E-state index contributed by atoms with van der Waals surface area (Å²) in [5.41, 5.74) is 0. The number of hydrogen-bond acceptors (Lipinski definition) is 3. The van der Waals surface area contributed by atoms with Gasteiger partial charge in [0.05, 0.1) is 11.2 Å². The molecule has 0 spiro atoms. The molecule has 2 rings (SSSR count). The Bertz CT molecular complexity index is 266. The molecule has 0 saturated heterocycles. The Labute approximate surface area is 68.1 Å². The minimum Gasteiger partial charge on any atom is -0.332 e. The number of aromatic nitrogens is 2. The topological polar surface area (TPSA) is 40.7 Å². The van der Waals surface area contributed by atoms with Crippen LogP contribution in [-0.2, 0) is 0 Å². The molecule has 0 aliphatic rings. The number of nitrogens with zero attached hydrogens (tertiary/aromatic N) is 1. The quantitative estimate of drug-likeness (QED) is 0.716. The van der Waals surface area contributed by atoms with Crippen molar-refractivity contribution in [3.63, 3.8) is 0 Å². The van der Waals surface area contributed by atoms with Crippen molar-refractivity contribution in [1.82, 2.24) is 10.2 Å². The van der Waals surface area contributed by atoms with Crippen LogP contribution < -0.4 is 5.32 Å². The molecule has 11 heavy (non-hydrogen) atoms. The SMILES string of the molecule is c1csc(Nc2ccn[nH]2)c1. The molecule has 0 aliphatic heterocycles. The van der Waals surface area contributed by atoms with E-state index in [1.165, 1.54) is 0 Å². The number of aromatic amines is 1. The van der Waals surface area contributed by atoms with Gasteiger partial charge in [-0.25, -0.2) is 0 Å². The van der Waals surface area contributed by atoms with Gasteiger partial charge in [0.2, 0.25) is 0 Å². The molecule has 56 valence electrons. The van der Waals surface area contributed by atoms with Gasteiger partial charge in [0.25, 0.3) is 0 Å². The van der Waals surface area contributed by atoms with Crippen LogP contribution in [0.5, 0.6) is 0 Å². The lowest BCUT2D eigenvalue weighted by Crippen LogP contribution is -1.85. The maximum absolute atomic E-state index is 3.82. The van der Waals surface area contributed by atoms with Crippen LogP contribution in [0.3, 0.4) is 0 Å². The summed E-state index contributed by atoms with van der Waals surface area (Å²) in [5, 5.41) is 13.0. The van der Waals surface area contributed by atoms with Gasteiger partial charge in [-0.05, 0) is 17.5 Å². The lowest BCUT2D eigenvalue weighted by atomic mass is 10.6. The van der Waals surface area contributed by atoms with Gasteiger partial charge in [-0.2, -0.15) is 5.10 Å². The molecular formula is C7H7N3S. The van der Waals surface area contributed by atoms with E-state index in [4.69, 9.17) is 0 Å². The fraction of sp³-hybridized carbons (Fsp3) is 0. The average molecular weight is 165 g/mol. The molecule has 0 amide bonds. The zero-order valence-electron chi connectivity index (χ0n) is 5.74. The molecule has 2 N–H and O–H groups in total. The van der Waals surface area contributed by atoms with Gasteiger partial charge in [-0.3, -0.25) is 5.10 Å². The van der Waals surface area contributed by atoms with Crippen LogP contribution in [0.25, 0.3) is 0 Å². The molecule has 3 nitrogen and oxygen atoms in total. The minimum atomic E-state index is 0.924. The van der Waals surface area contributed by atoms with E-state index in [1.54, 1.807) is 17.5 Å². The Morgan fingerprint density at radius 3 is 3.09 bits per heavy atom. The molecular weight excluding hydrogens is 158 g/mol. The Morgan fingerprint density at radius 1 is 1.45 bits per heavy atom. The first-order chi connectivity index (χ1) is 5.45. The number of H-pyrrole nitrogens is 1. The summed E-state index contributed by atoms with van der Waals surface area (Å²) in [7, 11) is 0. The maximum Gasteiger partial charge on any atom is 0.126 e. The smallest absolute Gasteiger partial charge is 0.126 e. The molecule has 2 aromatic rings. The monoisotopic (exact) mass is 165 g/mol. The summed E-state index contributed by atoms with van der Waals surface area (Å²) in [4.78, 5) is 0. The number of anilines is 2. The second-order valence-electron chi connectivity index (χ2n) is 2.07. The van der Waals surface area contributed by atoms with Gasteiger partial charge in [-0.1, -0.05) is 0 Å². The Kier molecular flexibility index (Phi) is 1.61. The lowest BCUT2D eigenvalue weighted by Gasteiger charge is -1.96. The van der Waals surface area contributed by atoms with Crippen molar-refractivity contribution in [3.8, 4) is 0 Å². The van der Waals surface area contributed by atoms with E-state index >= 15 is 0 Å². The van der Waals surface area contributed by atoms with Crippen LogP contribution >= 0.6 is 11.3 Å². The van der Waals surface area contributed by atoms with E-state index < -0.39 is 0 Å². The second-order valence-corrected chi connectivity index (χ2v) is 3.02. The largest absolute Gasteiger partial charge is 0.332 e. The number of nitrogens with one attached hydrogen (secondary N) is 2. The molecule has 2 aromatic heterocycles. The van der Waals surface area contributed by atoms with Crippen LogP contribution in [0.15, 0.2) is 29.8 Å². The molecule has 2 heterocycles. The first kappa shape index (κ1) is 6.42. The molecule has 0 saturated carbocycles.